The van der Waals surface area contributed by atoms with Crippen LogP contribution in [0.15, 0.2) is 522 Å². The number of anilines is 10. The first-order chi connectivity index (χ1) is 68.5. The van der Waals surface area contributed by atoms with E-state index in [0.29, 0.717) is 0 Å². The highest BCUT2D eigenvalue weighted by atomic mass is 15.2. The highest BCUT2D eigenvalue weighted by molar-refractivity contribution is 6.52. The highest BCUT2D eigenvalue weighted by Gasteiger charge is 2.34. The van der Waals surface area contributed by atoms with E-state index in [4.69, 9.17) is 0 Å². The summed E-state index contributed by atoms with van der Waals surface area (Å²) in [5.74, 6) is 0. The molecule has 4 nitrogen and oxygen atoms in total. The summed E-state index contributed by atoms with van der Waals surface area (Å²) in [5.41, 5.74) is 22.0. The molecule has 138 heavy (non-hydrogen) atoms. The average molecular weight is 1760 g/mol. The molecule has 0 aromatic heterocycles. The highest BCUT2D eigenvalue weighted by Crippen LogP contribution is 2.62. The lowest BCUT2D eigenvalue weighted by Crippen LogP contribution is -2.11. The van der Waals surface area contributed by atoms with Gasteiger partial charge in [0, 0.05) is 91.9 Å². The van der Waals surface area contributed by atoms with Crippen LogP contribution in [0.2, 0.25) is 0 Å². The number of benzene rings is 24. The molecule has 0 unspecified atom stereocenters. The van der Waals surface area contributed by atoms with E-state index < -0.39 is 0 Å². The lowest BCUT2D eigenvalue weighted by molar-refractivity contribution is 1.21. The Morgan fingerprint density at radius 3 is 0.536 bits per heavy atom. The average Bonchev–Trinajstić information content (AvgIpc) is 1.51. The third-order valence-corrected chi connectivity index (χ3v) is 28.3. The monoisotopic (exact) mass is 1760 g/mol. The Kier molecular flexibility index (Phi) is 20.7. The van der Waals surface area contributed by atoms with Crippen molar-refractivity contribution in [3.05, 3.63) is 522 Å². The fourth-order valence-electron chi connectivity index (χ4n) is 22.6. The van der Waals surface area contributed by atoms with Gasteiger partial charge in [0.1, 0.15) is 0 Å². The largest absolute Gasteiger partial charge is 0.345 e. The first kappa shape index (κ1) is 82.0. The maximum Gasteiger partial charge on any atom is 0.0619 e. The van der Waals surface area contributed by atoms with Crippen LogP contribution < -0.4 is 19.6 Å². The predicted molar refractivity (Wildman–Crippen MR) is 596 cm³/mol. The first-order valence-corrected chi connectivity index (χ1v) is 47.7. The Morgan fingerprint density at radius 2 is 0.290 bits per heavy atom. The standard InChI is InChI=1S/2C54H33N.2C13H13N/c2*1-5-18-35(19-6-1)46-50-41-30-15-22-34-23-16-31-42(45(34)41)51(50)47(36-20-7-2-8-21-36)53-49-39-28-13-14-29-40(39)54(44-33-17-32-43(48(44)49)52(46)53)55(37-24-9-3-10-25-37)38-26-11-4-12-27-38;2*1-14(12-8-4-2-5-9-12)13-10-6-3-7-11-13/h2*1-33H;2*2-11H,1H3. The van der Waals surface area contributed by atoms with Gasteiger partial charge in [0.05, 0.1) is 11.4 Å². The maximum absolute atomic E-state index is 2.46. The lowest BCUT2D eigenvalue weighted by atomic mass is 9.87. The van der Waals surface area contributed by atoms with E-state index in [1.807, 2.05) is 24.3 Å². The Bertz CT molecular complexity index is 8580. The van der Waals surface area contributed by atoms with Gasteiger partial charge in [-0.25, -0.2) is 0 Å². The fraction of sp³-hybridized carbons (Fsp3) is 0.0149. The van der Waals surface area contributed by atoms with Gasteiger partial charge in [-0.2, -0.15) is 0 Å². The van der Waals surface area contributed by atoms with Gasteiger partial charge in [-0.1, -0.05) is 425 Å². The molecule has 0 aliphatic carbocycles. The van der Waals surface area contributed by atoms with Crippen LogP contribution >= 0.6 is 0 Å². The molecule has 648 valence electrons. The van der Waals surface area contributed by atoms with Crippen molar-refractivity contribution in [2.75, 3.05) is 33.7 Å². The summed E-state index contributed by atoms with van der Waals surface area (Å²) in [6.07, 6.45) is 0. The molecule has 4 heteroatoms. The Labute approximate surface area is 801 Å². The van der Waals surface area contributed by atoms with Crippen molar-refractivity contribution in [2.24, 2.45) is 0 Å². The molecule has 0 fully saturated rings. The Balaban J connectivity index is 0.000000114. The molecule has 28 aromatic rings. The normalized spacial score (nSPS) is 11.6. The van der Waals surface area contributed by atoms with Crippen molar-refractivity contribution in [3.63, 3.8) is 0 Å². The Hall–Kier alpha value is -18.0. The van der Waals surface area contributed by atoms with E-state index in [0.717, 1.165) is 22.7 Å². The molecule has 28 rings (SSSR count). The molecule has 0 bridgehead atoms. The number of nitrogens with zero attached hydrogens (tertiary/aromatic N) is 4. The lowest BCUT2D eigenvalue weighted by Gasteiger charge is -2.28. The molecular weight excluding hydrogens is 1670 g/mol. The molecule has 0 atom stereocenters. The minimum Gasteiger partial charge on any atom is -0.345 e. The van der Waals surface area contributed by atoms with Crippen molar-refractivity contribution >= 4 is 208 Å². The molecule has 0 aliphatic rings. The number of hydrogen-bond acceptors (Lipinski definition) is 4. The summed E-state index contributed by atoms with van der Waals surface area (Å²) < 4.78 is 0. The molecule has 0 amide bonds. The zero-order valence-corrected chi connectivity index (χ0v) is 76.4. The molecule has 0 saturated heterocycles. The van der Waals surface area contributed by atoms with Crippen LogP contribution in [0.25, 0.3) is 195 Å². The topological polar surface area (TPSA) is 13.0 Å². The zero-order valence-electron chi connectivity index (χ0n) is 76.4. The first-order valence-electron chi connectivity index (χ1n) is 47.7. The second-order valence-electron chi connectivity index (χ2n) is 35.9. The van der Waals surface area contributed by atoms with Crippen molar-refractivity contribution in [2.45, 2.75) is 0 Å². The third kappa shape index (κ3) is 13.7. The molecule has 0 spiro atoms. The van der Waals surface area contributed by atoms with E-state index in [-0.39, 0.29) is 0 Å². The SMILES string of the molecule is CN(c1ccccc1)c1ccccc1.CN(c1ccccc1)c1ccccc1.c1ccc(-c2c3c4cccc5cccc(c3c(-c3ccccc3)c3c2c2cccc6c(N(c7ccccc7)c7ccccc7)c7ccccc7c3c62)c54)cc1.c1ccc(-c2c3c4cccc5cccc(c3c(-c3ccccc3)c3c2c2cccc6c(N(c7ccccc7)c7ccccc7)c7ccccc7c3c62)c54)cc1. The summed E-state index contributed by atoms with van der Waals surface area (Å²) >= 11 is 0. The van der Waals surface area contributed by atoms with Crippen LogP contribution in [0.5, 0.6) is 0 Å². The minimum atomic E-state index is 1.13. The number of fused-ring (bicyclic) bond motifs is 16. The van der Waals surface area contributed by atoms with Crippen LogP contribution in [0.3, 0.4) is 0 Å². The van der Waals surface area contributed by atoms with E-state index in [9.17, 15) is 0 Å². The van der Waals surface area contributed by atoms with E-state index >= 15 is 0 Å². The van der Waals surface area contributed by atoms with Gasteiger partial charge in [-0.15, -0.1) is 0 Å². The third-order valence-electron chi connectivity index (χ3n) is 28.3. The number of para-hydroxylation sites is 8. The van der Waals surface area contributed by atoms with Crippen molar-refractivity contribution in [3.8, 4) is 44.5 Å². The van der Waals surface area contributed by atoms with Gasteiger partial charge >= 0.3 is 0 Å². The molecule has 0 radical (unpaired) electrons. The second-order valence-corrected chi connectivity index (χ2v) is 35.9. The second kappa shape index (κ2) is 34.9. The van der Waals surface area contributed by atoms with Crippen molar-refractivity contribution < 1.29 is 0 Å². The molecular formula is C134H92N4. The van der Waals surface area contributed by atoms with Crippen LogP contribution in [0.1, 0.15) is 0 Å². The van der Waals surface area contributed by atoms with E-state index in [1.165, 1.54) is 229 Å². The smallest absolute Gasteiger partial charge is 0.0619 e. The summed E-state index contributed by atoms with van der Waals surface area (Å²) in [4.78, 5) is 9.25. The van der Waals surface area contributed by atoms with Gasteiger partial charge in [-0.3, -0.25) is 0 Å². The van der Waals surface area contributed by atoms with Crippen LogP contribution in [-0.2, 0) is 0 Å². The van der Waals surface area contributed by atoms with Crippen LogP contribution in [0.4, 0.5) is 56.9 Å². The fourth-order valence-corrected chi connectivity index (χ4v) is 22.6. The molecule has 0 aliphatic heterocycles. The molecule has 0 N–H and O–H groups in total. The van der Waals surface area contributed by atoms with Crippen LogP contribution in [-0.4, -0.2) is 14.1 Å². The van der Waals surface area contributed by atoms with Gasteiger partial charge in [0.15, 0.2) is 0 Å². The quantitative estimate of drug-likeness (QED) is 0.101. The molecule has 28 aromatic carbocycles. The summed E-state index contributed by atoms with van der Waals surface area (Å²) in [6, 6.07) is 189. The van der Waals surface area contributed by atoms with Gasteiger partial charge in [0.25, 0.3) is 0 Å². The van der Waals surface area contributed by atoms with Crippen LogP contribution in [0, 0.1) is 0 Å². The Morgan fingerprint density at radius 1 is 0.116 bits per heavy atom. The van der Waals surface area contributed by atoms with Gasteiger partial charge in [-0.05, 0) is 260 Å². The predicted octanol–water partition coefficient (Wildman–Crippen LogP) is 37.8. The number of hydrogen-bond donors (Lipinski definition) is 0. The molecule has 0 heterocycles. The number of rotatable bonds is 14. The van der Waals surface area contributed by atoms with Crippen molar-refractivity contribution in [1.29, 1.82) is 0 Å². The summed E-state index contributed by atoms with van der Waals surface area (Å²) in [5, 5.41) is 36.5. The van der Waals surface area contributed by atoms with Gasteiger partial charge in [0.2, 0.25) is 0 Å². The zero-order chi connectivity index (χ0) is 91.7. The molecule has 0 saturated carbocycles. The minimum absolute atomic E-state index is 1.13. The summed E-state index contributed by atoms with van der Waals surface area (Å²) in [6.45, 7) is 0. The summed E-state index contributed by atoms with van der Waals surface area (Å²) in [7, 11) is 4.15. The van der Waals surface area contributed by atoms with Gasteiger partial charge < -0.3 is 19.6 Å². The van der Waals surface area contributed by atoms with Crippen molar-refractivity contribution in [1.82, 2.24) is 0 Å². The maximum atomic E-state index is 2.46. The van der Waals surface area contributed by atoms with E-state index in [2.05, 4.69) is 531 Å². The van der Waals surface area contributed by atoms with E-state index in [1.54, 1.807) is 0 Å².